The Balaban J connectivity index is 2.27. The van der Waals surface area contributed by atoms with Crippen molar-refractivity contribution in [1.82, 2.24) is 5.32 Å². The van der Waals surface area contributed by atoms with E-state index >= 15 is 0 Å². The second-order valence-corrected chi connectivity index (χ2v) is 6.99. The first-order chi connectivity index (χ1) is 9.68. The number of aliphatic carboxylic acids is 1. The molecule has 1 atom stereocenters. The van der Waals surface area contributed by atoms with Crippen molar-refractivity contribution in [2.75, 3.05) is 0 Å². The van der Waals surface area contributed by atoms with Gasteiger partial charge in [0, 0.05) is 4.70 Å². The lowest BCUT2D eigenvalue weighted by Gasteiger charge is -2.27. The third kappa shape index (κ3) is 3.39. The molecule has 1 aromatic heterocycles. The number of carbonyl (C=O) groups is 2. The van der Waals surface area contributed by atoms with Gasteiger partial charge in [0.1, 0.15) is 11.9 Å². The van der Waals surface area contributed by atoms with Crippen LogP contribution in [0.5, 0.6) is 0 Å². The van der Waals surface area contributed by atoms with Crippen molar-refractivity contribution < 1.29 is 19.1 Å². The van der Waals surface area contributed by atoms with Crippen molar-refractivity contribution in [3.05, 3.63) is 35.0 Å². The molecule has 1 aromatic carbocycles. The third-order valence-corrected chi connectivity index (χ3v) is 4.19. The lowest BCUT2D eigenvalue weighted by Crippen LogP contribution is -2.48. The van der Waals surface area contributed by atoms with E-state index in [1.807, 2.05) is 0 Å². The van der Waals surface area contributed by atoms with Gasteiger partial charge in [0.2, 0.25) is 0 Å². The van der Waals surface area contributed by atoms with Crippen LogP contribution in [-0.2, 0) is 4.79 Å². The Bertz CT molecular complexity index is 702. The highest BCUT2D eigenvalue weighted by atomic mass is 32.1. The number of carbonyl (C=O) groups excluding carboxylic acids is 1. The van der Waals surface area contributed by atoms with Crippen molar-refractivity contribution >= 4 is 33.3 Å². The molecule has 0 unspecified atom stereocenters. The number of halogens is 1. The number of carboxylic acids is 1. The molecule has 4 nitrogen and oxygen atoms in total. The van der Waals surface area contributed by atoms with Crippen molar-refractivity contribution in [3.8, 4) is 0 Å². The van der Waals surface area contributed by atoms with E-state index < -0.39 is 23.3 Å². The first-order valence-corrected chi connectivity index (χ1v) is 7.23. The number of fused-ring (bicyclic) bond motifs is 1. The number of benzene rings is 1. The number of hydrogen-bond acceptors (Lipinski definition) is 3. The molecule has 0 aliphatic carbocycles. The molecular formula is C15H16FNO3S. The van der Waals surface area contributed by atoms with Gasteiger partial charge in [-0.05, 0) is 29.0 Å². The van der Waals surface area contributed by atoms with E-state index in [9.17, 15) is 19.1 Å². The highest BCUT2D eigenvalue weighted by molar-refractivity contribution is 7.20. The van der Waals surface area contributed by atoms with Crippen LogP contribution in [0.15, 0.2) is 24.3 Å². The zero-order valence-corrected chi connectivity index (χ0v) is 12.8. The number of rotatable bonds is 3. The van der Waals surface area contributed by atoms with Crippen LogP contribution < -0.4 is 5.32 Å². The minimum absolute atomic E-state index is 0.366. The molecule has 112 valence electrons. The highest BCUT2D eigenvalue weighted by Crippen LogP contribution is 2.27. The van der Waals surface area contributed by atoms with Crippen molar-refractivity contribution in [2.24, 2.45) is 5.41 Å². The van der Waals surface area contributed by atoms with Gasteiger partial charge in [0.05, 0.1) is 4.88 Å². The summed E-state index contributed by atoms with van der Waals surface area (Å²) in [7, 11) is 0. The van der Waals surface area contributed by atoms with Crippen LogP contribution in [0.1, 0.15) is 30.4 Å². The molecule has 0 aliphatic heterocycles. The molecule has 2 N–H and O–H groups in total. The third-order valence-electron chi connectivity index (χ3n) is 3.09. The number of amides is 1. The summed E-state index contributed by atoms with van der Waals surface area (Å²) in [6.07, 6.45) is 0. The van der Waals surface area contributed by atoms with Gasteiger partial charge in [0.15, 0.2) is 0 Å². The fraction of sp³-hybridized carbons (Fsp3) is 0.333. The van der Waals surface area contributed by atoms with E-state index in [2.05, 4.69) is 5.32 Å². The lowest BCUT2D eigenvalue weighted by molar-refractivity contribution is -0.142. The molecule has 0 fully saturated rings. The Kier molecular flexibility index (Phi) is 4.00. The summed E-state index contributed by atoms with van der Waals surface area (Å²) in [4.78, 5) is 23.8. The SMILES string of the molecule is CC(C)(C)[C@@H](NC(=O)c1cc2ccc(F)cc2s1)C(=O)O. The summed E-state index contributed by atoms with van der Waals surface area (Å²) < 4.78 is 13.8. The van der Waals surface area contributed by atoms with E-state index in [1.54, 1.807) is 32.9 Å². The van der Waals surface area contributed by atoms with Crippen LogP contribution in [0.4, 0.5) is 4.39 Å². The fourth-order valence-corrected chi connectivity index (χ4v) is 2.96. The van der Waals surface area contributed by atoms with Gasteiger partial charge < -0.3 is 10.4 Å². The summed E-state index contributed by atoms with van der Waals surface area (Å²) in [5.41, 5.74) is -0.607. The molecule has 2 rings (SSSR count). The maximum Gasteiger partial charge on any atom is 0.326 e. The second-order valence-electron chi connectivity index (χ2n) is 5.90. The Labute approximate surface area is 125 Å². The lowest BCUT2D eigenvalue weighted by atomic mass is 9.87. The van der Waals surface area contributed by atoms with Gasteiger partial charge in [-0.3, -0.25) is 4.79 Å². The van der Waals surface area contributed by atoms with Crippen LogP contribution in [0.25, 0.3) is 10.1 Å². The van der Waals surface area contributed by atoms with Gasteiger partial charge in [0.25, 0.3) is 5.91 Å². The average Bonchev–Trinajstić information content (AvgIpc) is 2.76. The predicted molar refractivity (Wildman–Crippen MR) is 80.1 cm³/mol. The van der Waals surface area contributed by atoms with Crippen LogP contribution in [0, 0.1) is 11.2 Å². The number of thiophene rings is 1. The quantitative estimate of drug-likeness (QED) is 0.914. The Hall–Kier alpha value is -1.95. The predicted octanol–water partition coefficient (Wildman–Crippen LogP) is 3.27. The number of carboxylic acid groups (broad SMARTS) is 1. The van der Waals surface area contributed by atoms with Gasteiger partial charge >= 0.3 is 5.97 Å². The molecule has 0 saturated heterocycles. The monoisotopic (exact) mass is 309 g/mol. The largest absolute Gasteiger partial charge is 0.480 e. The van der Waals surface area contributed by atoms with E-state index in [0.29, 0.717) is 9.58 Å². The standard InChI is InChI=1S/C15H16FNO3S/c1-15(2,3)12(14(19)20)17-13(18)11-6-8-4-5-9(16)7-10(8)21-11/h4-7,12H,1-3H3,(H,17,18)(H,19,20)/t12-/m0/s1. The summed E-state index contributed by atoms with van der Waals surface area (Å²) in [6.45, 7) is 5.23. The van der Waals surface area contributed by atoms with Crippen LogP contribution in [-0.4, -0.2) is 23.0 Å². The zero-order valence-electron chi connectivity index (χ0n) is 11.9. The van der Waals surface area contributed by atoms with Crippen LogP contribution in [0.2, 0.25) is 0 Å². The molecule has 1 amide bonds. The van der Waals surface area contributed by atoms with Crippen LogP contribution in [0.3, 0.4) is 0 Å². The molecular weight excluding hydrogens is 293 g/mol. The Morgan fingerprint density at radius 1 is 1.29 bits per heavy atom. The van der Waals surface area contributed by atoms with Gasteiger partial charge in [-0.25, -0.2) is 9.18 Å². The van der Waals surface area contributed by atoms with Crippen LogP contribution >= 0.6 is 11.3 Å². The summed E-state index contributed by atoms with van der Waals surface area (Å²) >= 11 is 1.14. The molecule has 2 aromatic rings. The van der Waals surface area contributed by atoms with Crippen molar-refractivity contribution in [3.63, 3.8) is 0 Å². The summed E-state index contributed by atoms with van der Waals surface area (Å²) in [6, 6.07) is 4.92. The van der Waals surface area contributed by atoms with E-state index in [0.717, 1.165) is 16.7 Å². The second kappa shape index (κ2) is 5.44. The Morgan fingerprint density at radius 2 is 1.95 bits per heavy atom. The normalized spacial score (nSPS) is 13.1. The average molecular weight is 309 g/mol. The topological polar surface area (TPSA) is 66.4 Å². The van der Waals surface area contributed by atoms with E-state index in [1.165, 1.54) is 12.1 Å². The first kappa shape index (κ1) is 15.4. The first-order valence-electron chi connectivity index (χ1n) is 6.41. The summed E-state index contributed by atoms with van der Waals surface area (Å²) in [5, 5.41) is 12.5. The molecule has 0 radical (unpaired) electrons. The minimum atomic E-state index is -1.08. The molecule has 0 bridgehead atoms. The number of hydrogen-bond donors (Lipinski definition) is 2. The zero-order chi connectivity index (χ0) is 15.8. The molecule has 0 spiro atoms. The van der Waals surface area contributed by atoms with Crippen molar-refractivity contribution in [1.29, 1.82) is 0 Å². The van der Waals surface area contributed by atoms with Crippen molar-refractivity contribution in [2.45, 2.75) is 26.8 Å². The molecule has 6 heteroatoms. The molecule has 0 saturated carbocycles. The number of nitrogens with one attached hydrogen (secondary N) is 1. The minimum Gasteiger partial charge on any atom is -0.480 e. The Morgan fingerprint density at radius 3 is 2.52 bits per heavy atom. The fourth-order valence-electron chi connectivity index (χ4n) is 1.97. The van der Waals surface area contributed by atoms with Gasteiger partial charge in [-0.15, -0.1) is 11.3 Å². The van der Waals surface area contributed by atoms with Gasteiger partial charge in [-0.1, -0.05) is 26.8 Å². The maximum atomic E-state index is 13.1. The smallest absolute Gasteiger partial charge is 0.326 e. The molecule has 21 heavy (non-hydrogen) atoms. The van der Waals surface area contributed by atoms with E-state index in [-0.39, 0.29) is 5.82 Å². The highest BCUT2D eigenvalue weighted by Gasteiger charge is 2.33. The van der Waals surface area contributed by atoms with Gasteiger partial charge in [-0.2, -0.15) is 0 Å². The molecule has 1 heterocycles. The maximum absolute atomic E-state index is 13.1. The molecule has 0 aliphatic rings. The van der Waals surface area contributed by atoms with E-state index in [4.69, 9.17) is 0 Å². The summed E-state index contributed by atoms with van der Waals surface area (Å²) in [5.74, 6) is -1.91.